The van der Waals surface area contributed by atoms with Gasteiger partial charge in [0.05, 0.1) is 5.41 Å². The van der Waals surface area contributed by atoms with Crippen LogP contribution in [0.4, 0.5) is 0 Å². The summed E-state index contributed by atoms with van der Waals surface area (Å²) in [7, 11) is 0. The molecule has 32 heavy (non-hydrogen) atoms. The lowest BCUT2D eigenvalue weighted by Crippen LogP contribution is -2.52. The average Bonchev–Trinajstić information content (AvgIpc) is 2.68. The summed E-state index contributed by atoms with van der Waals surface area (Å²) >= 11 is 0. The summed E-state index contributed by atoms with van der Waals surface area (Å²) in [6.07, 6.45) is 6.35. The Morgan fingerprint density at radius 1 is 1.12 bits per heavy atom. The summed E-state index contributed by atoms with van der Waals surface area (Å²) in [6, 6.07) is 3.69. The second-order valence-electron chi connectivity index (χ2n) is 12.2. The number of esters is 1. The van der Waals surface area contributed by atoms with Gasteiger partial charge < -0.3 is 14.9 Å². The molecule has 1 aromatic rings. The van der Waals surface area contributed by atoms with E-state index in [2.05, 4.69) is 40.7 Å². The molecule has 0 heterocycles. The third-order valence-corrected chi connectivity index (χ3v) is 8.01. The van der Waals surface area contributed by atoms with Crippen LogP contribution in [-0.4, -0.2) is 22.8 Å². The van der Waals surface area contributed by atoms with Crippen LogP contribution in [0, 0.1) is 22.7 Å². The molecule has 3 aliphatic carbocycles. The number of carbonyl (C=O) groups excluding carboxylic acids is 1. The highest BCUT2D eigenvalue weighted by molar-refractivity contribution is 5.75. The van der Waals surface area contributed by atoms with Gasteiger partial charge in [0.25, 0.3) is 0 Å². The molecule has 3 unspecified atom stereocenters. The summed E-state index contributed by atoms with van der Waals surface area (Å²) in [4.78, 5) is 12.3. The fraction of sp³-hybridized carbons (Fsp3) is 0.679. The number of rotatable bonds is 7. The van der Waals surface area contributed by atoms with Crippen molar-refractivity contribution < 1.29 is 19.7 Å². The molecule has 0 aliphatic heterocycles. The summed E-state index contributed by atoms with van der Waals surface area (Å²) in [5.41, 5.74) is 2.06. The van der Waals surface area contributed by atoms with Crippen LogP contribution in [0.25, 0.3) is 0 Å². The number of ether oxygens (including phenoxy) is 1. The zero-order valence-corrected chi connectivity index (χ0v) is 21.2. The third-order valence-electron chi connectivity index (χ3n) is 8.01. The van der Waals surface area contributed by atoms with Crippen LogP contribution in [0.3, 0.4) is 0 Å². The Labute approximate surface area is 194 Å². The van der Waals surface area contributed by atoms with Gasteiger partial charge >= 0.3 is 5.97 Å². The molecule has 4 rings (SSSR count). The van der Waals surface area contributed by atoms with Crippen LogP contribution >= 0.6 is 0 Å². The number of phenols is 2. The van der Waals surface area contributed by atoms with Gasteiger partial charge in [0.15, 0.2) is 0 Å². The van der Waals surface area contributed by atoms with Crippen molar-refractivity contribution in [3.8, 4) is 11.5 Å². The molecule has 178 valence electrons. The van der Waals surface area contributed by atoms with Crippen molar-refractivity contribution in [1.29, 1.82) is 0 Å². The van der Waals surface area contributed by atoms with Crippen LogP contribution in [0.15, 0.2) is 23.8 Å². The van der Waals surface area contributed by atoms with Gasteiger partial charge in [0, 0.05) is 11.5 Å². The lowest BCUT2D eigenvalue weighted by Gasteiger charge is -2.59. The third kappa shape index (κ3) is 4.43. The number of phenolic OH excluding ortho intramolecular Hbond substituents is 2. The highest BCUT2D eigenvalue weighted by Crippen LogP contribution is 2.65. The molecule has 4 heteroatoms. The molecule has 4 nitrogen and oxygen atoms in total. The maximum absolute atomic E-state index is 12.3. The van der Waals surface area contributed by atoms with E-state index < -0.39 is 5.41 Å². The Bertz CT molecular complexity index is 877. The molecule has 0 spiro atoms. The SMILES string of the molecule is CCCCC(C)(C)c1cc(O)c(C2C=C(COC(=O)C(C)(C)C)C3CC2C3(C)C)c(O)c1. The van der Waals surface area contributed by atoms with Crippen molar-refractivity contribution in [2.75, 3.05) is 6.61 Å². The number of fused-ring (bicyclic) bond motifs is 1. The first-order valence-corrected chi connectivity index (χ1v) is 12.1. The first kappa shape index (κ1) is 24.7. The van der Waals surface area contributed by atoms with Gasteiger partial charge in [0.1, 0.15) is 18.1 Å². The van der Waals surface area contributed by atoms with Crippen molar-refractivity contribution in [2.24, 2.45) is 22.7 Å². The zero-order valence-electron chi connectivity index (χ0n) is 21.2. The predicted molar refractivity (Wildman–Crippen MR) is 129 cm³/mol. The summed E-state index contributed by atoms with van der Waals surface area (Å²) in [5, 5.41) is 22.1. The van der Waals surface area contributed by atoms with E-state index in [1.807, 2.05) is 32.9 Å². The highest BCUT2D eigenvalue weighted by atomic mass is 16.5. The Hall–Kier alpha value is -1.97. The second kappa shape index (κ2) is 8.43. The van der Waals surface area contributed by atoms with Gasteiger partial charge in [-0.3, -0.25) is 4.79 Å². The topological polar surface area (TPSA) is 66.8 Å². The zero-order chi connectivity index (χ0) is 24.1. The van der Waals surface area contributed by atoms with Crippen molar-refractivity contribution in [2.45, 2.75) is 92.4 Å². The Balaban J connectivity index is 1.93. The quantitative estimate of drug-likeness (QED) is 0.358. The van der Waals surface area contributed by atoms with Gasteiger partial charge in [-0.15, -0.1) is 0 Å². The van der Waals surface area contributed by atoms with Crippen LogP contribution in [0.5, 0.6) is 11.5 Å². The fourth-order valence-electron chi connectivity index (χ4n) is 5.58. The Kier molecular flexibility index (Phi) is 6.49. The van der Waals surface area contributed by atoms with E-state index in [1.54, 1.807) is 0 Å². The van der Waals surface area contributed by atoms with E-state index in [0.29, 0.717) is 17.4 Å². The Morgan fingerprint density at radius 3 is 2.22 bits per heavy atom. The maximum atomic E-state index is 12.3. The standard InChI is InChI=1S/C28H42O4/c1-9-10-11-27(5,6)18-13-22(29)24(23(30)14-18)19-12-17(16-32-25(31)26(2,3)4)20-15-21(19)28(20,7)8/h12-14,19-21,29-30H,9-11,15-16H2,1-8H3. The van der Waals surface area contributed by atoms with Gasteiger partial charge in [-0.1, -0.05) is 53.5 Å². The van der Waals surface area contributed by atoms with Gasteiger partial charge in [-0.2, -0.15) is 0 Å². The summed E-state index contributed by atoms with van der Waals surface area (Å²) < 4.78 is 5.65. The molecule has 3 atom stereocenters. The molecule has 0 radical (unpaired) electrons. The fourth-order valence-corrected chi connectivity index (χ4v) is 5.58. The first-order chi connectivity index (χ1) is 14.7. The molecule has 1 fully saturated rings. The number of allylic oxidation sites excluding steroid dienone is 1. The number of carbonyl (C=O) groups is 1. The van der Waals surface area contributed by atoms with Crippen LogP contribution < -0.4 is 0 Å². The molecule has 1 aromatic carbocycles. The predicted octanol–water partition coefficient (Wildman–Crippen LogP) is 6.84. The van der Waals surface area contributed by atoms with E-state index in [1.165, 1.54) is 0 Å². The smallest absolute Gasteiger partial charge is 0.311 e. The minimum absolute atomic E-state index is 0.0286. The molecule has 1 saturated carbocycles. The Morgan fingerprint density at radius 2 is 1.72 bits per heavy atom. The number of hydrogen-bond donors (Lipinski definition) is 2. The lowest BCUT2D eigenvalue weighted by molar-refractivity contribution is -0.152. The van der Waals surface area contributed by atoms with Crippen molar-refractivity contribution >= 4 is 5.97 Å². The molecule has 2 N–H and O–H groups in total. The summed E-state index contributed by atoms with van der Waals surface area (Å²) in [5.74, 6) is 0.735. The highest BCUT2D eigenvalue weighted by Gasteiger charge is 2.56. The molecule has 0 amide bonds. The molecule has 0 aromatic heterocycles. The van der Waals surface area contributed by atoms with Crippen molar-refractivity contribution in [3.63, 3.8) is 0 Å². The van der Waals surface area contributed by atoms with Crippen LogP contribution in [-0.2, 0) is 14.9 Å². The summed E-state index contributed by atoms with van der Waals surface area (Å²) in [6.45, 7) is 16.8. The number of aromatic hydroxyl groups is 2. The normalized spacial score (nSPS) is 24.5. The maximum Gasteiger partial charge on any atom is 0.311 e. The van der Waals surface area contributed by atoms with Gasteiger partial charge in [-0.25, -0.2) is 0 Å². The molecule has 0 saturated heterocycles. The van der Waals surface area contributed by atoms with Crippen molar-refractivity contribution in [3.05, 3.63) is 34.9 Å². The first-order valence-electron chi connectivity index (χ1n) is 12.1. The van der Waals surface area contributed by atoms with Crippen LogP contribution in [0.2, 0.25) is 0 Å². The van der Waals surface area contributed by atoms with E-state index in [-0.39, 0.29) is 40.8 Å². The lowest BCUT2D eigenvalue weighted by atomic mass is 9.45. The van der Waals surface area contributed by atoms with E-state index in [0.717, 1.165) is 36.8 Å². The van der Waals surface area contributed by atoms with E-state index >= 15 is 0 Å². The molecule has 3 aliphatic rings. The minimum Gasteiger partial charge on any atom is -0.507 e. The van der Waals surface area contributed by atoms with Gasteiger partial charge in [-0.05, 0) is 79.5 Å². The van der Waals surface area contributed by atoms with Gasteiger partial charge in [0.2, 0.25) is 0 Å². The largest absolute Gasteiger partial charge is 0.507 e. The monoisotopic (exact) mass is 442 g/mol. The minimum atomic E-state index is -0.538. The number of benzene rings is 1. The van der Waals surface area contributed by atoms with Crippen LogP contribution in [0.1, 0.15) is 98.1 Å². The average molecular weight is 443 g/mol. The van der Waals surface area contributed by atoms with E-state index in [4.69, 9.17) is 4.74 Å². The second-order valence-corrected chi connectivity index (χ2v) is 12.2. The van der Waals surface area contributed by atoms with Crippen molar-refractivity contribution in [1.82, 2.24) is 0 Å². The molecular weight excluding hydrogens is 400 g/mol. The number of hydrogen-bond acceptors (Lipinski definition) is 4. The molecular formula is C28H42O4. The molecule has 2 bridgehead atoms. The number of unbranched alkanes of at least 4 members (excludes halogenated alkanes) is 1. The van der Waals surface area contributed by atoms with E-state index in [9.17, 15) is 15.0 Å².